The highest BCUT2D eigenvalue weighted by Crippen LogP contribution is 2.26. The Hall–Kier alpha value is -4.49. The molecule has 0 saturated carbocycles. The van der Waals surface area contributed by atoms with E-state index in [0.29, 0.717) is 5.56 Å². The van der Waals surface area contributed by atoms with Crippen LogP contribution < -0.4 is 15.4 Å². The maximum absolute atomic E-state index is 13.8. The van der Waals surface area contributed by atoms with E-state index in [1.54, 1.807) is 30.3 Å². The number of carbonyl (C=O) groups is 5. The van der Waals surface area contributed by atoms with Crippen LogP contribution in [0.15, 0.2) is 36.4 Å². The first-order valence-electron chi connectivity index (χ1n) is 11.3. The molecule has 0 heterocycles. The van der Waals surface area contributed by atoms with Crippen molar-refractivity contribution in [1.29, 1.82) is 0 Å². The lowest BCUT2D eigenvalue weighted by atomic mass is 10.0. The van der Waals surface area contributed by atoms with Gasteiger partial charge in [-0.3, -0.25) is 19.2 Å². The van der Waals surface area contributed by atoms with Crippen LogP contribution >= 0.6 is 0 Å². The zero-order chi connectivity index (χ0) is 29.3. The van der Waals surface area contributed by atoms with Gasteiger partial charge in [0.15, 0.2) is 23.2 Å². The van der Waals surface area contributed by atoms with Crippen LogP contribution in [0, 0.1) is 29.2 Å². The van der Waals surface area contributed by atoms with Crippen molar-refractivity contribution < 1.29 is 56.1 Å². The molecule has 2 aromatic carbocycles. The fourth-order valence-corrected chi connectivity index (χ4v) is 3.13. The molecular formula is C25H24F4N2O8. The Morgan fingerprint density at radius 3 is 2.05 bits per heavy atom. The monoisotopic (exact) mass is 556 g/mol. The molecule has 1 unspecified atom stereocenters. The quantitative estimate of drug-likeness (QED) is 0.156. The number of aliphatic carboxylic acids is 1. The van der Waals surface area contributed by atoms with Crippen molar-refractivity contribution in [3.63, 3.8) is 0 Å². The van der Waals surface area contributed by atoms with E-state index < -0.39 is 89.6 Å². The Morgan fingerprint density at radius 1 is 0.923 bits per heavy atom. The average molecular weight is 556 g/mol. The van der Waals surface area contributed by atoms with Gasteiger partial charge in [0.25, 0.3) is 0 Å². The smallest absolute Gasteiger partial charge is 0.397 e. The second-order valence-corrected chi connectivity index (χ2v) is 8.47. The minimum Gasteiger partial charge on any atom is -0.481 e. The third kappa shape index (κ3) is 8.79. The summed E-state index contributed by atoms with van der Waals surface area (Å²) in [4.78, 5) is 60.9. The van der Waals surface area contributed by atoms with E-state index >= 15 is 0 Å². The molecule has 0 aliphatic heterocycles. The zero-order valence-electron chi connectivity index (χ0n) is 20.6. The Kier molecular flexibility index (Phi) is 10.9. The number of rotatable bonds is 12. The van der Waals surface area contributed by atoms with Crippen LogP contribution in [0.4, 0.5) is 17.6 Å². The van der Waals surface area contributed by atoms with Gasteiger partial charge >= 0.3 is 17.8 Å². The fraction of sp³-hybridized carbons (Fsp3) is 0.320. The second kappa shape index (κ2) is 13.9. The summed E-state index contributed by atoms with van der Waals surface area (Å²) in [6.45, 7) is 1.44. The molecule has 0 aliphatic carbocycles. The van der Waals surface area contributed by atoms with Crippen LogP contribution in [0.5, 0.6) is 5.75 Å². The molecule has 14 heteroatoms. The molecule has 0 aliphatic rings. The van der Waals surface area contributed by atoms with Crippen molar-refractivity contribution in [3.05, 3.63) is 65.2 Å². The van der Waals surface area contributed by atoms with E-state index in [1.807, 2.05) is 0 Å². The number of ether oxygens (including phenoxy) is 2. The van der Waals surface area contributed by atoms with Crippen LogP contribution in [0.1, 0.15) is 25.8 Å². The van der Waals surface area contributed by atoms with Crippen molar-refractivity contribution in [2.24, 2.45) is 5.92 Å². The lowest BCUT2D eigenvalue weighted by Crippen LogP contribution is -2.55. The number of carboxylic acid groups (broad SMARTS) is 1. The van der Waals surface area contributed by atoms with Crippen molar-refractivity contribution in [2.75, 3.05) is 6.61 Å². The Labute approximate surface area is 219 Å². The van der Waals surface area contributed by atoms with Crippen LogP contribution in [0.3, 0.4) is 0 Å². The maximum atomic E-state index is 13.8. The van der Waals surface area contributed by atoms with Gasteiger partial charge in [0, 0.05) is 6.07 Å². The number of nitrogens with one attached hydrogen (secondary N) is 2. The van der Waals surface area contributed by atoms with Gasteiger partial charge in [-0.2, -0.15) is 8.78 Å². The molecule has 0 radical (unpaired) electrons. The van der Waals surface area contributed by atoms with E-state index in [-0.39, 0.29) is 12.7 Å². The minimum atomic E-state index is -1.93. The predicted octanol–water partition coefficient (Wildman–Crippen LogP) is 2.03. The third-order valence-electron chi connectivity index (χ3n) is 5.15. The topological polar surface area (TPSA) is 148 Å². The van der Waals surface area contributed by atoms with Gasteiger partial charge in [-0.1, -0.05) is 44.2 Å². The molecule has 10 nitrogen and oxygen atoms in total. The molecule has 0 fully saturated rings. The highest BCUT2D eigenvalue weighted by atomic mass is 19.2. The summed E-state index contributed by atoms with van der Waals surface area (Å²) < 4.78 is 63.7. The van der Waals surface area contributed by atoms with Gasteiger partial charge in [0.05, 0.1) is 6.42 Å². The lowest BCUT2D eigenvalue weighted by Gasteiger charge is -2.24. The number of halogens is 4. The van der Waals surface area contributed by atoms with Gasteiger partial charge in [-0.05, 0) is 11.5 Å². The van der Waals surface area contributed by atoms with Crippen LogP contribution in [0.25, 0.3) is 0 Å². The number of carboxylic acids is 1. The SMILES string of the molecule is CC(C)[C@H](NC(=O)C(=O)OCc1ccccc1)C(=O)NC(CC(=O)O)C(=O)COc1c(F)c(F)cc(F)c1F. The molecular weight excluding hydrogens is 532 g/mol. The first-order valence-corrected chi connectivity index (χ1v) is 11.3. The van der Waals surface area contributed by atoms with E-state index in [1.165, 1.54) is 13.8 Å². The number of carbonyl (C=O) groups excluding carboxylic acids is 4. The number of benzene rings is 2. The molecule has 39 heavy (non-hydrogen) atoms. The van der Waals surface area contributed by atoms with E-state index in [4.69, 9.17) is 9.84 Å². The summed E-state index contributed by atoms with van der Waals surface area (Å²) in [6.07, 6.45) is -1.02. The molecule has 2 rings (SSSR count). The molecule has 0 bridgehead atoms. The highest BCUT2D eigenvalue weighted by Gasteiger charge is 2.32. The average Bonchev–Trinajstić information content (AvgIpc) is 2.88. The van der Waals surface area contributed by atoms with Crippen molar-refractivity contribution in [2.45, 2.75) is 39.0 Å². The van der Waals surface area contributed by atoms with E-state index in [0.717, 1.165) is 0 Å². The molecule has 2 amide bonds. The van der Waals surface area contributed by atoms with Crippen LogP contribution in [-0.2, 0) is 35.3 Å². The van der Waals surface area contributed by atoms with E-state index in [2.05, 4.69) is 15.4 Å². The van der Waals surface area contributed by atoms with Gasteiger partial charge in [-0.15, -0.1) is 0 Å². The zero-order valence-corrected chi connectivity index (χ0v) is 20.6. The number of amides is 2. The normalized spacial score (nSPS) is 12.3. The summed E-state index contributed by atoms with van der Waals surface area (Å²) in [5.41, 5.74) is 0.592. The van der Waals surface area contributed by atoms with Gasteiger partial charge in [-0.25, -0.2) is 13.6 Å². The number of esters is 1. The number of Topliss-reactive ketones (excluding diaryl/α,β-unsaturated/α-hetero) is 1. The number of hydrogen-bond acceptors (Lipinski definition) is 7. The standard InChI is InChI=1S/C25H24F4N2O8/c1-12(2)21(31-24(36)25(37)39-10-13-6-4-3-5-7-13)23(35)30-16(9-18(33)34)17(32)11-38-22-19(28)14(26)8-15(27)20(22)29/h3-8,12,16,21H,9-11H2,1-2H3,(H,30,35)(H,31,36)(H,33,34)/t16?,21-/m0/s1. The second-order valence-electron chi connectivity index (χ2n) is 8.47. The Balaban J connectivity index is 2.08. The molecule has 0 saturated heterocycles. The summed E-state index contributed by atoms with van der Waals surface area (Å²) in [5, 5.41) is 13.3. The largest absolute Gasteiger partial charge is 0.481 e. The summed E-state index contributed by atoms with van der Waals surface area (Å²) in [7, 11) is 0. The van der Waals surface area contributed by atoms with Gasteiger partial charge in [0.1, 0.15) is 25.3 Å². The molecule has 2 aromatic rings. The number of ketones is 1. The van der Waals surface area contributed by atoms with Gasteiger partial charge in [0.2, 0.25) is 17.5 Å². The van der Waals surface area contributed by atoms with Crippen LogP contribution in [-0.4, -0.2) is 53.3 Å². The van der Waals surface area contributed by atoms with Crippen molar-refractivity contribution >= 4 is 29.5 Å². The fourth-order valence-electron chi connectivity index (χ4n) is 3.13. The minimum absolute atomic E-state index is 0.0788. The molecule has 2 atom stereocenters. The molecule has 0 spiro atoms. The predicted molar refractivity (Wildman–Crippen MR) is 124 cm³/mol. The van der Waals surface area contributed by atoms with E-state index in [9.17, 15) is 41.5 Å². The lowest BCUT2D eigenvalue weighted by molar-refractivity contribution is -0.156. The first-order chi connectivity index (χ1) is 18.3. The molecule has 3 N–H and O–H groups in total. The maximum Gasteiger partial charge on any atom is 0.397 e. The number of hydrogen-bond donors (Lipinski definition) is 3. The third-order valence-corrected chi connectivity index (χ3v) is 5.15. The summed E-state index contributed by atoms with van der Waals surface area (Å²) in [6, 6.07) is 5.03. The molecule has 0 aromatic heterocycles. The van der Waals surface area contributed by atoms with Crippen LogP contribution in [0.2, 0.25) is 0 Å². The first kappa shape index (κ1) is 30.7. The Morgan fingerprint density at radius 2 is 1.51 bits per heavy atom. The summed E-state index contributed by atoms with van der Waals surface area (Å²) >= 11 is 0. The summed E-state index contributed by atoms with van der Waals surface area (Å²) in [5.74, 6) is -16.2. The van der Waals surface area contributed by atoms with Crippen molar-refractivity contribution in [1.82, 2.24) is 10.6 Å². The molecule has 210 valence electrons. The highest BCUT2D eigenvalue weighted by molar-refractivity contribution is 6.32. The van der Waals surface area contributed by atoms with Gasteiger partial charge < -0.3 is 25.2 Å². The van der Waals surface area contributed by atoms with Crippen molar-refractivity contribution in [3.8, 4) is 5.75 Å². The Bertz CT molecular complexity index is 1210.